The van der Waals surface area contributed by atoms with E-state index in [0.717, 1.165) is 16.7 Å². The predicted octanol–water partition coefficient (Wildman–Crippen LogP) is 3.20. The summed E-state index contributed by atoms with van der Waals surface area (Å²) in [7, 11) is 0. The van der Waals surface area contributed by atoms with Crippen molar-refractivity contribution in [2.45, 2.75) is 13.0 Å². The second-order valence-corrected chi connectivity index (χ2v) is 4.39. The van der Waals surface area contributed by atoms with Gasteiger partial charge in [-0.15, -0.1) is 0 Å². The molecule has 0 amide bonds. The van der Waals surface area contributed by atoms with Crippen molar-refractivity contribution in [2.75, 3.05) is 5.32 Å². The highest BCUT2D eigenvalue weighted by atomic mass is 15.0. The van der Waals surface area contributed by atoms with E-state index in [-0.39, 0.29) is 6.04 Å². The fraction of sp³-hybridized carbons (Fsp3) is 0.133. The van der Waals surface area contributed by atoms with Crippen molar-refractivity contribution in [3.63, 3.8) is 0 Å². The molecule has 0 spiro atoms. The molecule has 0 fully saturated rings. The molecular formula is C15H14N4. The van der Waals surface area contributed by atoms with Gasteiger partial charge in [-0.2, -0.15) is 0 Å². The molecule has 0 radical (unpaired) electrons. The van der Waals surface area contributed by atoms with Crippen molar-refractivity contribution in [1.82, 2.24) is 15.0 Å². The Bertz CT molecular complexity index is 677. The zero-order chi connectivity index (χ0) is 13.1. The lowest BCUT2D eigenvalue weighted by Crippen LogP contribution is -2.08. The van der Waals surface area contributed by atoms with Crippen LogP contribution >= 0.6 is 0 Å². The van der Waals surface area contributed by atoms with Crippen LogP contribution in [0.25, 0.3) is 10.9 Å². The molecule has 2 heterocycles. The molecule has 0 saturated heterocycles. The maximum atomic E-state index is 4.32. The second kappa shape index (κ2) is 5.02. The molecule has 3 aromatic rings. The van der Waals surface area contributed by atoms with Crippen molar-refractivity contribution in [2.24, 2.45) is 0 Å². The van der Waals surface area contributed by atoms with Gasteiger partial charge in [0, 0.05) is 17.6 Å². The lowest BCUT2D eigenvalue weighted by Gasteiger charge is -2.15. The normalized spacial score (nSPS) is 12.3. The molecule has 1 N–H and O–H groups in total. The predicted molar refractivity (Wildman–Crippen MR) is 75.8 cm³/mol. The molecule has 0 aliphatic rings. The monoisotopic (exact) mass is 250 g/mol. The topological polar surface area (TPSA) is 50.7 Å². The summed E-state index contributed by atoms with van der Waals surface area (Å²) in [5.74, 6) is 0.837. The smallest absolute Gasteiger partial charge is 0.137 e. The van der Waals surface area contributed by atoms with Gasteiger partial charge in [-0.25, -0.2) is 9.97 Å². The molecule has 94 valence electrons. The Kier molecular flexibility index (Phi) is 3.06. The minimum absolute atomic E-state index is 0.187. The number of aromatic nitrogens is 3. The fourth-order valence-corrected chi connectivity index (χ4v) is 2.05. The van der Waals surface area contributed by atoms with Crippen LogP contribution in [-0.4, -0.2) is 15.0 Å². The zero-order valence-corrected chi connectivity index (χ0v) is 10.6. The molecule has 2 aromatic heterocycles. The van der Waals surface area contributed by atoms with Crippen LogP contribution in [0.3, 0.4) is 0 Å². The third-order valence-electron chi connectivity index (χ3n) is 3.09. The minimum Gasteiger partial charge on any atom is -0.363 e. The van der Waals surface area contributed by atoms with Crippen LogP contribution in [0.2, 0.25) is 0 Å². The van der Waals surface area contributed by atoms with Gasteiger partial charge in [0.1, 0.15) is 12.1 Å². The number of pyridine rings is 1. The van der Waals surface area contributed by atoms with Crippen LogP contribution in [0.1, 0.15) is 18.5 Å². The molecule has 19 heavy (non-hydrogen) atoms. The van der Waals surface area contributed by atoms with E-state index in [0.29, 0.717) is 0 Å². The molecule has 1 aromatic carbocycles. The van der Waals surface area contributed by atoms with Gasteiger partial charge in [-0.05, 0) is 18.6 Å². The van der Waals surface area contributed by atoms with E-state index >= 15 is 0 Å². The minimum atomic E-state index is 0.187. The number of nitrogens with zero attached hydrogens (tertiary/aromatic N) is 3. The highest BCUT2D eigenvalue weighted by molar-refractivity contribution is 5.88. The Morgan fingerprint density at radius 3 is 2.74 bits per heavy atom. The molecule has 1 unspecified atom stereocenters. The SMILES string of the molecule is CC(Nc1ncnc2cnccc12)c1ccccc1. The van der Waals surface area contributed by atoms with E-state index in [1.807, 2.05) is 24.3 Å². The molecule has 1 atom stereocenters. The molecular weight excluding hydrogens is 236 g/mol. The van der Waals surface area contributed by atoms with E-state index < -0.39 is 0 Å². The number of rotatable bonds is 3. The average molecular weight is 250 g/mol. The van der Waals surface area contributed by atoms with Gasteiger partial charge in [-0.1, -0.05) is 30.3 Å². The summed E-state index contributed by atoms with van der Waals surface area (Å²) in [6.45, 7) is 2.12. The first kappa shape index (κ1) is 11.6. The van der Waals surface area contributed by atoms with E-state index in [2.05, 4.69) is 39.3 Å². The molecule has 0 saturated carbocycles. The summed E-state index contributed by atoms with van der Waals surface area (Å²) in [4.78, 5) is 12.6. The zero-order valence-electron chi connectivity index (χ0n) is 10.6. The number of anilines is 1. The van der Waals surface area contributed by atoms with Gasteiger partial charge in [0.15, 0.2) is 0 Å². The van der Waals surface area contributed by atoms with Gasteiger partial charge < -0.3 is 5.32 Å². The third kappa shape index (κ3) is 2.38. The van der Waals surface area contributed by atoms with Crippen molar-refractivity contribution < 1.29 is 0 Å². The van der Waals surface area contributed by atoms with E-state index in [9.17, 15) is 0 Å². The lowest BCUT2D eigenvalue weighted by atomic mass is 10.1. The van der Waals surface area contributed by atoms with Gasteiger partial charge in [0.2, 0.25) is 0 Å². The van der Waals surface area contributed by atoms with Crippen molar-refractivity contribution in [3.8, 4) is 0 Å². The third-order valence-corrected chi connectivity index (χ3v) is 3.09. The Morgan fingerprint density at radius 1 is 1.05 bits per heavy atom. The van der Waals surface area contributed by atoms with Crippen LogP contribution in [-0.2, 0) is 0 Å². The van der Waals surface area contributed by atoms with Crippen LogP contribution < -0.4 is 5.32 Å². The van der Waals surface area contributed by atoms with E-state index in [4.69, 9.17) is 0 Å². The summed E-state index contributed by atoms with van der Waals surface area (Å²) < 4.78 is 0. The number of benzene rings is 1. The summed E-state index contributed by atoms with van der Waals surface area (Å²) in [6, 6.07) is 12.4. The molecule has 3 rings (SSSR count). The van der Waals surface area contributed by atoms with Crippen molar-refractivity contribution in [3.05, 3.63) is 60.7 Å². The summed E-state index contributed by atoms with van der Waals surface area (Å²) in [5.41, 5.74) is 2.07. The quantitative estimate of drug-likeness (QED) is 0.775. The van der Waals surface area contributed by atoms with Crippen molar-refractivity contribution in [1.29, 1.82) is 0 Å². The molecule has 4 nitrogen and oxygen atoms in total. The van der Waals surface area contributed by atoms with Gasteiger partial charge in [0.05, 0.1) is 11.7 Å². The number of fused-ring (bicyclic) bond motifs is 1. The summed E-state index contributed by atoms with van der Waals surface area (Å²) in [5, 5.41) is 4.41. The number of nitrogens with one attached hydrogen (secondary N) is 1. The van der Waals surface area contributed by atoms with Gasteiger partial charge >= 0.3 is 0 Å². The maximum Gasteiger partial charge on any atom is 0.137 e. The Balaban J connectivity index is 1.94. The Morgan fingerprint density at radius 2 is 1.89 bits per heavy atom. The Hall–Kier alpha value is -2.49. The number of hydrogen-bond acceptors (Lipinski definition) is 4. The van der Waals surface area contributed by atoms with E-state index in [1.54, 1.807) is 18.7 Å². The number of hydrogen-bond donors (Lipinski definition) is 1. The van der Waals surface area contributed by atoms with E-state index in [1.165, 1.54) is 5.56 Å². The highest BCUT2D eigenvalue weighted by Gasteiger charge is 2.08. The fourth-order valence-electron chi connectivity index (χ4n) is 2.05. The van der Waals surface area contributed by atoms with Crippen molar-refractivity contribution >= 4 is 16.7 Å². The lowest BCUT2D eigenvalue weighted by molar-refractivity contribution is 0.876. The highest BCUT2D eigenvalue weighted by Crippen LogP contribution is 2.22. The second-order valence-electron chi connectivity index (χ2n) is 4.39. The van der Waals surface area contributed by atoms with Crippen LogP contribution in [0.5, 0.6) is 0 Å². The van der Waals surface area contributed by atoms with Crippen LogP contribution in [0, 0.1) is 0 Å². The largest absolute Gasteiger partial charge is 0.363 e. The summed E-state index contributed by atoms with van der Waals surface area (Å²) in [6.07, 6.45) is 5.06. The Labute approximate surface area is 111 Å². The first-order valence-corrected chi connectivity index (χ1v) is 6.21. The van der Waals surface area contributed by atoms with Crippen LogP contribution in [0.4, 0.5) is 5.82 Å². The molecule has 0 aliphatic carbocycles. The first-order chi connectivity index (χ1) is 9.34. The maximum absolute atomic E-state index is 4.32. The average Bonchev–Trinajstić information content (AvgIpc) is 2.48. The standard InChI is InChI=1S/C15H14N4/c1-11(12-5-3-2-4-6-12)19-15-13-7-8-16-9-14(13)17-10-18-15/h2-11H,1H3,(H,17,18,19). The molecule has 0 aliphatic heterocycles. The van der Waals surface area contributed by atoms with Crippen LogP contribution in [0.15, 0.2) is 55.1 Å². The molecule has 0 bridgehead atoms. The molecule has 4 heteroatoms. The van der Waals surface area contributed by atoms with Gasteiger partial charge in [-0.3, -0.25) is 4.98 Å². The van der Waals surface area contributed by atoms with Gasteiger partial charge in [0.25, 0.3) is 0 Å². The first-order valence-electron chi connectivity index (χ1n) is 6.21. The summed E-state index contributed by atoms with van der Waals surface area (Å²) >= 11 is 0.